The van der Waals surface area contributed by atoms with Gasteiger partial charge >= 0.3 is 5.97 Å². The third-order valence-electron chi connectivity index (χ3n) is 3.01. The largest absolute Gasteiger partial charge is 0.494 e. The Bertz CT molecular complexity index is 636. The number of ether oxygens (including phenoxy) is 1. The molecule has 0 radical (unpaired) electrons. The quantitative estimate of drug-likeness (QED) is 0.889. The van der Waals surface area contributed by atoms with E-state index in [4.69, 9.17) is 9.84 Å². The van der Waals surface area contributed by atoms with Crippen LogP contribution in [-0.4, -0.2) is 17.7 Å². The van der Waals surface area contributed by atoms with Crippen molar-refractivity contribution in [3.8, 4) is 16.9 Å². The van der Waals surface area contributed by atoms with E-state index in [1.165, 1.54) is 12.1 Å². The van der Waals surface area contributed by atoms with Crippen LogP contribution in [0.15, 0.2) is 42.5 Å². The summed E-state index contributed by atoms with van der Waals surface area (Å²) in [5, 5.41) is 8.89. The molecule has 2 rings (SSSR count). The molecule has 0 aromatic heterocycles. The zero-order chi connectivity index (χ0) is 15.4. The zero-order valence-electron chi connectivity index (χ0n) is 11.3. The standard InChI is InChI=1S/C16H14F2O3/c1-2-21-12-6-3-10(4-7-12)13-8-5-11(16(19)20)9-14(13)15(17)18/h3-9,15H,2H2,1H3,(H,19,20). The second-order valence-electron chi connectivity index (χ2n) is 4.37. The molecule has 0 aliphatic carbocycles. The van der Waals surface area contributed by atoms with E-state index in [1.807, 2.05) is 6.92 Å². The van der Waals surface area contributed by atoms with Crippen molar-refractivity contribution in [2.24, 2.45) is 0 Å². The van der Waals surface area contributed by atoms with Crippen LogP contribution in [0.3, 0.4) is 0 Å². The van der Waals surface area contributed by atoms with E-state index in [9.17, 15) is 13.6 Å². The van der Waals surface area contributed by atoms with Crippen molar-refractivity contribution in [2.45, 2.75) is 13.3 Å². The maximum absolute atomic E-state index is 13.1. The van der Waals surface area contributed by atoms with Gasteiger partial charge in [-0.05, 0) is 42.3 Å². The minimum atomic E-state index is -2.74. The minimum absolute atomic E-state index is 0.153. The SMILES string of the molecule is CCOc1ccc(-c2ccc(C(=O)O)cc2C(F)F)cc1. The first-order valence-electron chi connectivity index (χ1n) is 6.41. The molecule has 0 unspecified atom stereocenters. The normalized spacial score (nSPS) is 10.7. The highest BCUT2D eigenvalue weighted by atomic mass is 19.3. The second-order valence-corrected chi connectivity index (χ2v) is 4.37. The molecular formula is C16H14F2O3. The lowest BCUT2D eigenvalue weighted by Crippen LogP contribution is -2.00. The zero-order valence-corrected chi connectivity index (χ0v) is 11.3. The molecule has 0 spiro atoms. The van der Waals surface area contributed by atoms with Crippen LogP contribution >= 0.6 is 0 Å². The third-order valence-corrected chi connectivity index (χ3v) is 3.01. The Morgan fingerprint density at radius 3 is 2.38 bits per heavy atom. The Morgan fingerprint density at radius 2 is 1.86 bits per heavy atom. The molecule has 21 heavy (non-hydrogen) atoms. The highest BCUT2D eigenvalue weighted by Gasteiger charge is 2.17. The number of hydrogen-bond acceptors (Lipinski definition) is 2. The Balaban J connectivity index is 2.44. The molecule has 0 atom stereocenters. The van der Waals surface area contributed by atoms with Crippen molar-refractivity contribution in [2.75, 3.05) is 6.61 Å². The number of hydrogen-bond donors (Lipinski definition) is 1. The first-order valence-corrected chi connectivity index (χ1v) is 6.41. The van der Waals surface area contributed by atoms with Crippen molar-refractivity contribution >= 4 is 5.97 Å². The van der Waals surface area contributed by atoms with Gasteiger partial charge in [-0.3, -0.25) is 0 Å². The first-order chi connectivity index (χ1) is 10.0. The molecule has 2 aromatic rings. The van der Waals surface area contributed by atoms with Gasteiger partial charge in [0.1, 0.15) is 5.75 Å². The Kier molecular flexibility index (Phi) is 4.52. The van der Waals surface area contributed by atoms with Crippen molar-refractivity contribution < 1.29 is 23.4 Å². The molecule has 0 bridgehead atoms. The fourth-order valence-electron chi connectivity index (χ4n) is 2.04. The fraction of sp³-hybridized carbons (Fsp3) is 0.188. The summed E-state index contributed by atoms with van der Waals surface area (Å²) in [5.74, 6) is -0.572. The fourth-order valence-corrected chi connectivity index (χ4v) is 2.04. The number of carbonyl (C=O) groups is 1. The molecule has 2 aromatic carbocycles. The van der Waals surface area contributed by atoms with E-state index in [2.05, 4.69) is 0 Å². The number of benzene rings is 2. The van der Waals surface area contributed by atoms with Crippen LogP contribution in [-0.2, 0) is 0 Å². The van der Waals surface area contributed by atoms with Gasteiger partial charge < -0.3 is 9.84 Å². The predicted molar refractivity (Wildman–Crippen MR) is 75.0 cm³/mol. The molecule has 5 heteroatoms. The first kappa shape index (κ1) is 15.0. The van der Waals surface area contributed by atoms with Crippen LogP contribution in [0.25, 0.3) is 11.1 Å². The van der Waals surface area contributed by atoms with Crippen LogP contribution in [0, 0.1) is 0 Å². The number of aromatic carboxylic acids is 1. The summed E-state index contributed by atoms with van der Waals surface area (Å²) in [6.45, 7) is 2.38. The summed E-state index contributed by atoms with van der Waals surface area (Å²) in [4.78, 5) is 10.9. The van der Waals surface area contributed by atoms with Crippen LogP contribution in [0.4, 0.5) is 8.78 Å². The van der Waals surface area contributed by atoms with Gasteiger partial charge in [-0.1, -0.05) is 18.2 Å². The van der Waals surface area contributed by atoms with Crippen LogP contribution < -0.4 is 4.74 Å². The lowest BCUT2D eigenvalue weighted by atomic mass is 9.97. The lowest BCUT2D eigenvalue weighted by Gasteiger charge is -2.11. The minimum Gasteiger partial charge on any atom is -0.494 e. The van der Waals surface area contributed by atoms with Crippen molar-refractivity contribution in [3.63, 3.8) is 0 Å². The van der Waals surface area contributed by atoms with Gasteiger partial charge in [0.2, 0.25) is 0 Å². The van der Waals surface area contributed by atoms with Crippen LogP contribution in [0.1, 0.15) is 29.3 Å². The molecule has 1 N–H and O–H groups in total. The smallest absolute Gasteiger partial charge is 0.335 e. The Morgan fingerprint density at radius 1 is 1.19 bits per heavy atom. The molecule has 0 heterocycles. The Labute approximate surface area is 120 Å². The summed E-state index contributed by atoms with van der Waals surface area (Å²) >= 11 is 0. The summed E-state index contributed by atoms with van der Waals surface area (Å²) in [6.07, 6.45) is -2.74. The molecule has 0 saturated carbocycles. The maximum Gasteiger partial charge on any atom is 0.335 e. The number of carboxylic acid groups (broad SMARTS) is 1. The number of halogens is 2. The highest BCUT2D eigenvalue weighted by molar-refractivity contribution is 5.89. The average molecular weight is 292 g/mol. The number of rotatable bonds is 5. The van der Waals surface area contributed by atoms with Gasteiger partial charge in [0.15, 0.2) is 0 Å². The van der Waals surface area contributed by atoms with E-state index in [0.29, 0.717) is 23.5 Å². The summed E-state index contributed by atoms with van der Waals surface area (Å²) in [6, 6.07) is 10.5. The second kappa shape index (κ2) is 6.35. The lowest BCUT2D eigenvalue weighted by molar-refractivity contribution is 0.0696. The topological polar surface area (TPSA) is 46.5 Å². The number of carboxylic acids is 1. The van der Waals surface area contributed by atoms with Gasteiger partial charge in [-0.15, -0.1) is 0 Å². The summed E-state index contributed by atoms with van der Waals surface area (Å²) in [5.41, 5.74) is 0.461. The maximum atomic E-state index is 13.1. The van der Waals surface area contributed by atoms with Crippen molar-refractivity contribution in [3.05, 3.63) is 53.6 Å². The molecule has 110 valence electrons. The highest BCUT2D eigenvalue weighted by Crippen LogP contribution is 2.32. The molecule has 0 aliphatic heterocycles. The number of alkyl halides is 2. The summed E-state index contributed by atoms with van der Waals surface area (Å²) in [7, 11) is 0. The van der Waals surface area contributed by atoms with E-state index in [0.717, 1.165) is 6.07 Å². The van der Waals surface area contributed by atoms with Gasteiger partial charge in [-0.2, -0.15) is 0 Å². The van der Waals surface area contributed by atoms with Crippen molar-refractivity contribution in [1.29, 1.82) is 0 Å². The molecule has 3 nitrogen and oxygen atoms in total. The monoisotopic (exact) mass is 292 g/mol. The van der Waals surface area contributed by atoms with E-state index < -0.39 is 12.4 Å². The van der Waals surface area contributed by atoms with E-state index in [1.54, 1.807) is 24.3 Å². The summed E-state index contributed by atoms with van der Waals surface area (Å²) < 4.78 is 31.6. The van der Waals surface area contributed by atoms with E-state index in [-0.39, 0.29) is 11.1 Å². The molecule has 0 saturated heterocycles. The average Bonchev–Trinajstić information content (AvgIpc) is 2.47. The predicted octanol–water partition coefficient (Wildman–Crippen LogP) is 4.39. The molecule has 0 fully saturated rings. The molecule has 0 amide bonds. The van der Waals surface area contributed by atoms with Gasteiger partial charge in [0.25, 0.3) is 6.43 Å². The van der Waals surface area contributed by atoms with Gasteiger partial charge in [-0.25, -0.2) is 13.6 Å². The van der Waals surface area contributed by atoms with Crippen LogP contribution in [0.2, 0.25) is 0 Å². The van der Waals surface area contributed by atoms with Gasteiger partial charge in [0.05, 0.1) is 12.2 Å². The van der Waals surface area contributed by atoms with E-state index >= 15 is 0 Å². The molecule has 0 aliphatic rings. The third kappa shape index (κ3) is 3.37. The van der Waals surface area contributed by atoms with Gasteiger partial charge in [0, 0.05) is 5.56 Å². The van der Waals surface area contributed by atoms with Crippen LogP contribution in [0.5, 0.6) is 5.75 Å². The molecular weight excluding hydrogens is 278 g/mol. The van der Waals surface area contributed by atoms with Crippen molar-refractivity contribution in [1.82, 2.24) is 0 Å². The Hall–Kier alpha value is -2.43.